The van der Waals surface area contributed by atoms with Crippen LogP contribution in [0.15, 0.2) is 24.4 Å². The molecule has 1 unspecified atom stereocenters. The Morgan fingerprint density at radius 1 is 1.24 bits per heavy atom. The number of carbonyl (C=O) groups excluding carboxylic acids is 2. The molecule has 178 valence electrons. The van der Waals surface area contributed by atoms with Crippen LogP contribution in [0, 0.1) is 12.8 Å². The number of nitrogens with zero attached hydrogens (tertiary/aromatic N) is 3. The summed E-state index contributed by atoms with van der Waals surface area (Å²) in [6.07, 6.45) is -3.16. The molecule has 0 aromatic carbocycles. The third-order valence-corrected chi connectivity index (χ3v) is 5.19. The van der Waals surface area contributed by atoms with Gasteiger partial charge in [-0.2, -0.15) is 13.2 Å². The quantitative estimate of drug-likeness (QED) is 0.679. The van der Waals surface area contributed by atoms with E-state index in [1.54, 1.807) is 31.7 Å². The van der Waals surface area contributed by atoms with Crippen LogP contribution in [0.2, 0.25) is 0 Å². The molecular formula is C22H26F3N5O3. The van der Waals surface area contributed by atoms with Crippen LogP contribution in [0.3, 0.4) is 0 Å². The van der Waals surface area contributed by atoms with Gasteiger partial charge in [0.2, 0.25) is 5.91 Å². The molecule has 1 aliphatic heterocycles. The minimum atomic E-state index is -4.52. The van der Waals surface area contributed by atoms with Crippen molar-refractivity contribution in [1.29, 1.82) is 0 Å². The maximum absolute atomic E-state index is 13.0. The van der Waals surface area contributed by atoms with Crippen LogP contribution in [-0.2, 0) is 11.0 Å². The van der Waals surface area contributed by atoms with E-state index in [0.29, 0.717) is 42.4 Å². The molecule has 3 rings (SSSR count). The average Bonchev–Trinajstić information content (AvgIpc) is 3.20. The predicted octanol–water partition coefficient (Wildman–Crippen LogP) is 3.42. The fourth-order valence-corrected chi connectivity index (χ4v) is 3.45. The zero-order valence-corrected chi connectivity index (χ0v) is 18.8. The minimum Gasteiger partial charge on any atom is -0.493 e. The van der Waals surface area contributed by atoms with Gasteiger partial charge >= 0.3 is 6.18 Å². The summed E-state index contributed by atoms with van der Waals surface area (Å²) in [4.78, 5) is 34.7. The van der Waals surface area contributed by atoms with E-state index in [-0.39, 0.29) is 29.5 Å². The summed E-state index contributed by atoms with van der Waals surface area (Å²) in [5.41, 5.74) is 0.0410. The van der Waals surface area contributed by atoms with Crippen molar-refractivity contribution in [2.45, 2.75) is 39.4 Å². The summed E-state index contributed by atoms with van der Waals surface area (Å²) < 4.78 is 44.0. The van der Waals surface area contributed by atoms with Gasteiger partial charge in [0.15, 0.2) is 11.6 Å². The molecule has 1 fully saturated rings. The van der Waals surface area contributed by atoms with Crippen molar-refractivity contribution in [2.24, 2.45) is 5.92 Å². The van der Waals surface area contributed by atoms with Gasteiger partial charge in [-0.15, -0.1) is 0 Å². The lowest BCUT2D eigenvalue weighted by atomic mass is 10.1. The Kier molecular flexibility index (Phi) is 7.09. The summed E-state index contributed by atoms with van der Waals surface area (Å²) in [5.74, 6) is -0.160. The molecule has 0 spiro atoms. The number of pyridine rings is 2. The highest BCUT2D eigenvalue weighted by molar-refractivity contribution is 5.97. The third kappa shape index (κ3) is 5.91. The molecule has 33 heavy (non-hydrogen) atoms. The first-order chi connectivity index (χ1) is 15.5. The summed E-state index contributed by atoms with van der Waals surface area (Å²) in [6, 6.07) is 3.80. The highest BCUT2D eigenvalue weighted by atomic mass is 19.4. The van der Waals surface area contributed by atoms with E-state index in [4.69, 9.17) is 4.74 Å². The van der Waals surface area contributed by atoms with Gasteiger partial charge in [-0.05, 0) is 31.5 Å². The van der Waals surface area contributed by atoms with Crippen LogP contribution in [0.1, 0.15) is 41.9 Å². The fraction of sp³-hybridized carbons (Fsp3) is 0.455. The van der Waals surface area contributed by atoms with E-state index in [0.717, 1.165) is 12.3 Å². The average molecular weight is 465 g/mol. The number of methoxy groups -OCH3 is 1. The first-order valence-corrected chi connectivity index (χ1v) is 10.4. The molecule has 3 heterocycles. The summed E-state index contributed by atoms with van der Waals surface area (Å²) in [7, 11) is 1.29. The molecule has 2 aromatic rings. The Balaban J connectivity index is 1.69. The number of alkyl halides is 3. The Labute approximate surface area is 189 Å². The van der Waals surface area contributed by atoms with Crippen molar-refractivity contribution >= 4 is 23.5 Å². The Hall–Kier alpha value is -3.37. The number of ether oxygens (including phenoxy) is 1. The van der Waals surface area contributed by atoms with E-state index in [9.17, 15) is 22.8 Å². The zero-order chi connectivity index (χ0) is 24.3. The normalized spacial score (nSPS) is 16.1. The second kappa shape index (κ2) is 9.63. The molecule has 2 aromatic heterocycles. The molecule has 2 N–H and O–H groups in total. The lowest BCUT2D eigenvalue weighted by Crippen LogP contribution is -2.37. The van der Waals surface area contributed by atoms with Crippen LogP contribution >= 0.6 is 0 Å². The molecule has 11 heteroatoms. The molecule has 0 bridgehead atoms. The molecule has 0 radical (unpaired) electrons. The van der Waals surface area contributed by atoms with E-state index < -0.39 is 11.7 Å². The van der Waals surface area contributed by atoms with Crippen molar-refractivity contribution < 1.29 is 27.5 Å². The van der Waals surface area contributed by atoms with Crippen LogP contribution in [-0.4, -0.2) is 48.0 Å². The Morgan fingerprint density at radius 3 is 2.61 bits per heavy atom. The highest BCUT2D eigenvalue weighted by Gasteiger charge is 2.34. The summed E-state index contributed by atoms with van der Waals surface area (Å²) >= 11 is 0. The first-order valence-electron chi connectivity index (χ1n) is 10.4. The third-order valence-electron chi connectivity index (χ3n) is 5.19. The van der Waals surface area contributed by atoms with E-state index in [2.05, 4.69) is 20.6 Å². The number of anilines is 2. The van der Waals surface area contributed by atoms with Crippen molar-refractivity contribution in [3.05, 3.63) is 41.2 Å². The number of amides is 2. The zero-order valence-electron chi connectivity index (χ0n) is 18.8. The fourth-order valence-electron chi connectivity index (χ4n) is 3.45. The molecule has 0 saturated carbocycles. The minimum absolute atomic E-state index is 0.0205. The maximum Gasteiger partial charge on any atom is 0.418 e. The van der Waals surface area contributed by atoms with Crippen molar-refractivity contribution in [3.8, 4) is 5.75 Å². The second-order valence-corrected chi connectivity index (χ2v) is 8.18. The Morgan fingerprint density at radius 2 is 1.97 bits per heavy atom. The number of hydrogen-bond donors (Lipinski definition) is 2. The van der Waals surface area contributed by atoms with E-state index >= 15 is 0 Å². The number of rotatable bonds is 6. The largest absolute Gasteiger partial charge is 0.493 e. The van der Waals surface area contributed by atoms with Crippen LogP contribution in [0.4, 0.5) is 24.8 Å². The molecule has 1 atom stereocenters. The molecule has 8 nitrogen and oxygen atoms in total. The summed E-state index contributed by atoms with van der Waals surface area (Å²) in [6.45, 7) is 6.09. The number of carbonyl (C=O) groups is 2. The van der Waals surface area contributed by atoms with E-state index in [1.807, 2.05) is 0 Å². The standard InChI is InChI=1S/C22H26F3N5O3/c1-12(2)20(31)29-18-8-14(7-13(3)27-18)21(32)28-16-5-6-30(11-16)19-17(33-4)9-15(10-26-19)22(23,24)25/h7-10,12,16H,5-6,11H2,1-4H3,(H,28,32)(H,27,29,31). The van der Waals surface area contributed by atoms with Gasteiger partial charge in [0, 0.05) is 42.5 Å². The van der Waals surface area contributed by atoms with Crippen molar-refractivity contribution in [1.82, 2.24) is 15.3 Å². The van der Waals surface area contributed by atoms with Gasteiger partial charge in [-0.1, -0.05) is 13.8 Å². The van der Waals surface area contributed by atoms with Gasteiger partial charge in [0.25, 0.3) is 5.91 Å². The first kappa shape index (κ1) is 24.3. The number of nitrogens with one attached hydrogen (secondary N) is 2. The summed E-state index contributed by atoms with van der Waals surface area (Å²) in [5, 5.41) is 5.62. The number of hydrogen-bond acceptors (Lipinski definition) is 6. The Bertz CT molecular complexity index is 1040. The predicted molar refractivity (Wildman–Crippen MR) is 116 cm³/mol. The number of aromatic nitrogens is 2. The van der Waals surface area contributed by atoms with Gasteiger partial charge in [0.1, 0.15) is 5.82 Å². The van der Waals surface area contributed by atoms with Crippen LogP contribution in [0.5, 0.6) is 5.75 Å². The van der Waals surface area contributed by atoms with Crippen molar-refractivity contribution in [3.63, 3.8) is 0 Å². The van der Waals surface area contributed by atoms with E-state index in [1.165, 1.54) is 13.2 Å². The molecular weight excluding hydrogens is 439 g/mol. The lowest BCUT2D eigenvalue weighted by molar-refractivity contribution is -0.137. The van der Waals surface area contributed by atoms with Gasteiger partial charge < -0.3 is 20.3 Å². The molecule has 2 amide bonds. The molecule has 1 saturated heterocycles. The smallest absolute Gasteiger partial charge is 0.418 e. The van der Waals surface area contributed by atoms with Gasteiger partial charge in [0.05, 0.1) is 12.7 Å². The number of halogens is 3. The SMILES string of the molecule is COc1cc(C(F)(F)F)cnc1N1CCC(NC(=O)c2cc(C)nc(NC(=O)C(C)C)c2)C1. The number of aryl methyl sites for hydroxylation is 1. The van der Waals surface area contributed by atoms with Gasteiger partial charge in [-0.3, -0.25) is 9.59 Å². The molecule has 0 aliphatic carbocycles. The van der Waals surface area contributed by atoms with Crippen LogP contribution < -0.4 is 20.3 Å². The van der Waals surface area contributed by atoms with Gasteiger partial charge in [-0.25, -0.2) is 9.97 Å². The molecule has 1 aliphatic rings. The maximum atomic E-state index is 13.0. The highest BCUT2D eigenvalue weighted by Crippen LogP contribution is 2.35. The van der Waals surface area contributed by atoms with Crippen molar-refractivity contribution in [2.75, 3.05) is 30.4 Å². The lowest BCUT2D eigenvalue weighted by Gasteiger charge is -2.21. The second-order valence-electron chi connectivity index (χ2n) is 8.18. The topological polar surface area (TPSA) is 96.4 Å². The van der Waals surface area contributed by atoms with Crippen LogP contribution in [0.25, 0.3) is 0 Å². The monoisotopic (exact) mass is 465 g/mol.